The molecule has 2 nitrogen and oxygen atoms in total. The van der Waals surface area contributed by atoms with Gasteiger partial charge in [-0.25, -0.2) is 0 Å². The standard InChI is InChI=1S/C12H17NO/c1-2-14-12-6-4-3-5-11(12)10-7-8-13-9-10/h3-6,10,13H,2,7-9H2,1H3. The van der Waals surface area contributed by atoms with Crippen LogP contribution in [0.1, 0.15) is 24.8 Å². The quantitative estimate of drug-likeness (QED) is 0.790. The molecule has 2 heteroatoms. The van der Waals surface area contributed by atoms with Gasteiger partial charge in [0.2, 0.25) is 0 Å². The van der Waals surface area contributed by atoms with Crippen LogP contribution in [-0.2, 0) is 0 Å². The highest BCUT2D eigenvalue weighted by molar-refractivity contribution is 5.37. The van der Waals surface area contributed by atoms with Crippen LogP contribution in [0.25, 0.3) is 0 Å². The molecule has 1 aromatic carbocycles. The smallest absolute Gasteiger partial charge is 0.122 e. The Bertz CT molecular complexity index is 292. The van der Waals surface area contributed by atoms with Crippen LogP contribution in [0.5, 0.6) is 5.75 Å². The Morgan fingerprint density at radius 1 is 1.43 bits per heavy atom. The zero-order chi connectivity index (χ0) is 9.80. The van der Waals surface area contributed by atoms with E-state index in [4.69, 9.17) is 4.74 Å². The van der Waals surface area contributed by atoms with Gasteiger partial charge in [0.25, 0.3) is 0 Å². The Morgan fingerprint density at radius 3 is 3.00 bits per heavy atom. The highest BCUT2D eigenvalue weighted by Gasteiger charge is 2.19. The maximum absolute atomic E-state index is 5.62. The number of rotatable bonds is 3. The summed E-state index contributed by atoms with van der Waals surface area (Å²) in [4.78, 5) is 0. The van der Waals surface area contributed by atoms with Gasteiger partial charge < -0.3 is 10.1 Å². The fourth-order valence-corrected chi connectivity index (χ4v) is 2.02. The molecule has 0 spiro atoms. The number of hydrogen-bond donors (Lipinski definition) is 1. The van der Waals surface area contributed by atoms with E-state index in [0.29, 0.717) is 5.92 Å². The lowest BCUT2D eigenvalue weighted by Crippen LogP contribution is -2.09. The summed E-state index contributed by atoms with van der Waals surface area (Å²) in [5.41, 5.74) is 1.36. The van der Waals surface area contributed by atoms with Gasteiger partial charge in [-0.2, -0.15) is 0 Å². The molecule has 1 atom stereocenters. The monoisotopic (exact) mass is 191 g/mol. The summed E-state index contributed by atoms with van der Waals surface area (Å²) < 4.78 is 5.62. The molecule has 1 aliphatic rings. The summed E-state index contributed by atoms with van der Waals surface area (Å²) in [5.74, 6) is 1.70. The molecule has 1 saturated heterocycles. The predicted molar refractivity (Wildman–Crippen MR) is 57.8 cm³/mol. The Kier molecular flexibility index (Phi) is 3.04. The van der Waals surface area contributed by atoms with E-state index in [2.05, 4.69) is 23.5 Å². The molecule has 1 aromatic rings. The summed E-state index contributed by atoms with van der Waals surface area (Å²) in [6, 6.07) is 8.38. The minimum atomic E-state index is 0.637. The lowest BCUT2D eigenvalue weighted by atomic mass is 9.97. The summed E-state index contributed by atoms with van der Waals surface area (Å²) in [6.07, 6.45) is 1.23. The molecule has 0 aliphatic carbocycles. The zero-order valence-corrected chi connectivity index (χ0v) is 8.62. The van der Waals surface area contributed by atoms with Crippen molar-refractivity contribution >= 4 is 0 Å². The highest BCUT2D eigenvalue weighted by Crippen LogP contribution is 2.30. The predicted octanol–water partition coefficient (Wildman–Crippen LogP) is 2.16. The first-order valence-electron chi connectivity index (χ1n) is 5.34. The third-order valence-electron chi connectivity index (χ3n) is 2.72. The van der Waals surface area contributed by atoms with E-state index < -0.39 is 0 Å². The second-order valence-electron chi connectivity index (χ2n) is 3.66. The van der Waals surface area contributed by atoms with E-state index in [1.165, 1.54) is 12.0 Å². The van der Waals surface area contributed by atoms with Gasteiger partial charge in [-0.3, -0.25) is 0 Å². The largest absolute Gasteiger partial charge is 0.494 e. The van der Waals surface area contributed by atoms with Gasteiger partial charge >= 0.3 is 0 Å². The zero-order valence-electron chi connectivity index (χ0n) is 8.62. The lowest BCUT2D eigenvalue weighted by Gasteiger charge is -2.14. The Hall–Kier alpha value is -1.02. The molecule has 0 aromatic heterocycles. The van der Waals surface area contributed by atoms with E-state index in [9.17, 15) is 0 Å². The Labute approximate surface area is 85.3 Å². The van der Waals surface area contributed by atoms with Crippen LogP contribution in [0.3, 0.4) is 0 Å². The van der Waals surface area contributed by atoms with Crippen LogP contribution in [0.15, 0.2) is 24.3 Å². The topological polar surface area (TPSA) is 21.3 Å². The molecule has 1 N–H and O–H groups in total. The fourth-order valence-electron chi connectivity index (χ4n) is 2.02. The SMILES string of the molecule is CCOc1ccccc1C1CCNC1. The molecule has 0 bridgehead atoms. The van der Waals surface area contributed by atoms with Crippen LogP contribution >= 0.6 is 0 Å². The third-order valence-corrected chi connectivity index (χ3v) is 2.72. The van der Waals surface area contributed by atoms with Gasteiger partial charge in [0.1, 0.15) is 5.75 Å². The van der Waals surface area contributed by atoms with Crippen LogP contribution in [-0.4, -0.2) is 19.7 Å². The lowest BCUT2D eigenvalue weighted by molar-refractivity contribution is 0.334. The number of benzene rings is 1. The van der Waals surface area contributed by atoms with Crippen molar-refractivity contribution in [2.75, 3.05) is 19.7 Å². The molecule has 0 amide bonds. The van der Waals surface area contributed by atoms with Crippen LogP contribution in [0.2, 0.25) is 0 Å². The van der Waals surface area contributed by atoms with Crippen LogP contribution < -0.4 is 10.1 Å². The van der Waals surface area contributed by atoms with Crippen molar-refractivity contribution in [1.29, 1.82) is 0 Å². The van der Waals surface area contributed by atoms with E-state index in [0.717, 1.165) is 25.4 Å². The molecule has 1 unspecified atom stereocenters. The maximum Gasteiger partial charge on any atom is 0.122 e. The van der Waals surface area contributed by atoms with Crippen molar-refractivity contribution in [2.45, 2.75) is 19.3 Å². The highest BCUT2D eigenvalue weighted by atomic mass is 16.5. The van der Waals surface area contributed by atoms with E-state index in [-0.39, 0.29) is 0 Å². The van der Waals surface area contributed by atoms with Crippen LogP contribution in [0, 0.1) is 0 Å². The molecule has 1 fully saturated rings. The normalized spacial score (nSPS) is 21.1. The minimum absolute atomic E-state index is 0.637. The van der Waals surface area contributed by atoms with Crippen molar-refractivity contribution in [1.82, 2.24) is 5.32 Å². The minimum Gasteiger partial charge on any atom is -0.494 e. The van der Waals surface area contributed by atoms with Gasteiger partial charge in [-0.1, -0.05) is 18.2 Å². The fraction of sp³-hybridized carbons (Fsp3) is 0.500. The summed E-state index contributed by atoms with van der Waals surface area (Å²) in [7, 11) is 0. The van der Waals surface area contributed by atoms with E-state index >= 15 is 0 Å². The van der Waals surface area contributed by atoms with Crippen molar-refractivity contribution < 1.29 is 4.74 Å². The molecule has 2 rings (SSSR count). The molecule has 0 saturated carbocycles. The summed E-state index contributed by atoms with van der Waals surface area (Å²) >= 11 is 0. The Morgan fingerprint density at radius 2 is 2.29 bits per heavy atom. The first kappa shape index (κ1) is 9.53. The molecule has 1 heterocycles. The second-order valence-corrected chi connectivity index (χ2v) is 3.66. The maximum atomic E-state index is 5.62. The second kappa shape index (κ2) is 4.47. The van der Waals surface area contributed by atoms with Crippen LogP contribution in [0.4, 0.5) is 0 Å². The number of ether oxygens (including phenoxy) is 1. The van der Waals surface area contributed by atoms with Gasteiger partial charge in [0, 0.05) is 12.5 Å². The van der Waals surface area contributed by atoms with E-state index in [1.807, 2.05) is 13.0 Å². The third kappa shape index (κ3) is 1.90. The molecule has 0 radical (unpaired) electrons. The van der Waals surface area contributed by atoms with Gasteiger partial charge in [0.05, 0.1) is 6.61 Å². The average molecular weight is 191 g/mol. The number of nitrogens with one attached hydrogen (secondary N) is 1. The molecule has 1 aliphatic heterocycles. The first-order valence-corrected chi connectivity index (χ1v) is 5.34. The molecule has 14 heavy (non-hydrogen) atoms. The summed E-state index contributed by atoms with van der Waals surface area (Å²) in [6.45, 7) is 5.00. The number of para-hydroxylation sites is 1. The molecular weight excluding hydrogens is 174 g/mol. The van der Waals surface area contributed by atoms with Crippen molar-refractivity contribution in [3.05, 3.63) is 29.8 Å². The van der Waals surface area contributed by atoms with Crippen molar-refractivity contribution in [3.8, 4) is 5.75 Å². The first-order chi connectivity index (χ1) is 6.92. The van der Waals surface area contributed by atoms with Gasteiger partial charge in [-0.15, -0.1) is 0 Å². The van der Waals surface area contributed by atoms with Crippen molar-refractivity contribution in [3.63, 3.8) is 0 Å². The molecule has 76 valence electrons. The van der Waals surface area contributed by atoms with Gasteiger partial charge in [-0.05, 0) is 31.5 Å². The van der Waals surface area contributed by atoms with E-state index in [1.54, 1.807) is 0 Å². The average Bonchev–Trinajstić information content (AvgIpc) is 2.72. The number of hydrogen-bond acceptors (Lipinski definition) is 2. The van der Waals surface area contributed by atoms with Crippen molar-refractivity contribution in [2.24, 2.45) is 0 Å². The molecular formula is C12H17NO. The Balaban J connectivity index is 2.21. The van der Waals surface area contributed by atoms with Gasteiger partial charge in [0.15, 0.2) is 0 Å². The summed E-state index contributed by atoms with van der Waals surface area (Å²) in [5, 5.41) is 3.38.